The van der Waals surface area contributed by atoms with Gasteiger partial charge in [-0.3, -0.25) is 0 Å². The van der Waals surface area contributed by atoms with Crippen LogP contribution in [0.2, 0.25) is 0 Å². The molecular weight excluding hydrogens is 250 g/mol. The summed E-state index contributed by atoms with van der Waals surface area (Å²) in [6, 6.07) is 3.76. The van der Waals surface area contributed by atoms with E-state index in [2.05, 4.69) is 22.9 Å². The van der Waals surface area contributed by atoms with Crippen molar-refractivity contribution in [1.82, 2.24) is 0 Å². The normalized spacial score (nSPS) is 12.9. The molecule has 78 valence electrons. The first kappa shape index (κ1) is 11.6. The lowest BCUT2D eigenvalue weighted by Crippen LogP contribution is -1.95. The van der Waals surface area contributed by atoms with Crippen LogP contribution in [0.3, 0.4) is 0 Å². The molecule has 0 bridgehead atoms. The predicted octanol–water partition coefficient (Wildman–Crippen LogP) is 4.07. The Morgan fingerprint density at radius 3 is 2.64 bits per heavy atom. The lowest BCUT2D eigenvalue weighted by atomic mass is 10.1. The smallest absolute Gasteiger partial charge is 0.129 e. The molecule has 0 fully saturated rings. The van der Waals surface area contributed by atoms with E-state index in [9.17, 15) is 8.78 Å². The van der Waals surface area contributed by atoms with Gasteiger partial charge in [-0.2, -0.15) is 0 Å². The molecule has 0 radical (unpaired) electrons. The molecule has 0 aliphatic heterocycles. The highest BCUT2D eigenvalue weighted by Crippen LogP contribution is 2.14. The quantitative estimate of drug-likeness (QED) is 0.718. The average molecular weight is 263 g/mol. The van der Waals surface area contributed by atoms with Gasteiger partial charge in [0.15, 0.2) is 0 Å². The first-order chi connectivity index (χ1) is 6.59. The second-order valence-electron chi connectivity index (χ2n) is 3.41. The molecule has 0 aromatic heterocycles. The van der Waals surface area contributed by atoms with Gasteiger partial charge in [-0.15, -0.1) is 0 Å². The van der Waals surface area contributed by atoms with E-state index < -0.39 is 11.6 Å². The number of halogens is 3. The van der Waals surface area contributed by atoms with Crippen LogP contribution in [0.5, 0.6) is 0 Å². The van der Waals surface area contributed by atoms with E-state index in [0.29, 0.717) is 16.8 Å². The molecule has 0 N–H and O–H groups in total. The van der Waals surface area contributed by atoms with Crippen LogP contribution in [0, 0.1) is 11.6 Å². The topological polar surface area (TPSA) is 0 Å². The van der Waals surface area contributed by atoms with Crippen molar-refractivity contribution < 1.29 is 8.78 Å². The van der Waals surface area contributed by atoms with E-state index in [0.717, 1.165) is 18.9 Å². The molecule has 3 heteroatoms. The molecule has 1 unspecified atom stereocenters. The fraction of sp³-hybridized carbons (Fsp3) is 0.455. The molecule has 0 spiro atoms. The number of hydrogen-bond donors (Lipinski definition) is 0. The Morgan fingerprint density at radius 1 is 1.36 bits per heavy atom. The SMILES string of the molecule is CC(Br)CCCc1ccc(F)cc1F. The third-order valence-electron chi connectivity index (χ3n) is 2.06. The van der Waals surface area contributed by atoms with Gasteiger partial charge in [0, 0.05) is 10.9 Å². The molecule has 1 rings (SSSR count). The minimum Gasteiger partial charge on any atom is -0.207 e. The maximum absolute atomic E-state index is 13.1. The van der Waals surface area contributed by atoms with Crippen LogP contribution >= 0.6 is 15.9 Å². The van der Waals surface area contributed by atoms with Gasteiger partial charge in [-0.1, -0.05) is 28.9 Å². The van der Waals surface area contributed by atoms with Crippen LogP contribution in [-0.4, -0.2) is 4.83 Å². The summed E-state index contributed by atoms with van der Waals surface area (Å²) in [5.41, 5.74) is 0.597. The third kappa shape index (κ3) is 3.74. The average Bonchev–Trinajstić information content (AvgIpc) is 2.08. The number of hydrogen-bond acceptors (Lipinski definition) is 0. The molecule has 0 saturated heterocycles. The molecule has 14 heavy (non-hydrogen) atoms. The van der Waals surface area contributed by atoms with Crippen LogP contribution < -0.4 is 0 Å². The van der Waals surface area contributed by atoms with E-state index >= 15 is 0 Å². The first-order valence-electron chi connectivity index (χ1n) is 4.67. The van der Waals surface area contributed by atoms with Crippen LogP contribution in [0.15, 0.2) is 18.2 Å². The number of rotatable bonds is 4. The van der Waals surface area contributed by atoms with Gasteiger partial charge in [0.05, 0.1) is 0 Å². The fourth-order valence-corrected chi connectivity index (χ4v) is 1.62. The van der Waals surface area contributed by atoms with Crippen LogP contribution in [0.4, 0.5) is 8.78 Å². The maximum Gasteiger partial charge on any atom is 0.129 e. The van der Waals surface area contributed by atoms with Gasteiger partial charge < -0.3 is 0 Å². The standard InChI is InChI=1S/C11H13BrF2/c1-8(12)3-2-4-9-5-6-10(13)7-11(9)14/h5-8H,2-4H2,1H3. The number of aryl methyl sites for hydroxylation is 1. The molecule has 1 atom stereocenters. The highest BCUT2D eigenvalue weighted by Gasteiger charge is 2.04. The van der Waals surface area contributed by atoms with Gasteiger partial charge in [0.1, 0.15) is 11.6 Å². The minimum absolute atomic E-state index is 0.438. The van der Waals surface area contributed by atoms with Crippen LogP contribution in [0.25, 0.3) is 0 Å². The lowest BCUT2D eigenvalue weighted by Gasteiger charge is -2.04. The molecule has 1 aromatic carbocycles. The zero-order valence-corrected chi connectivity index (χ0v) is 9.65. The second kappa shape index (κ2) is 5.44. The summed E-state index contributed by atoms with van der Waals surface area (Å²) >= 11 is 3.42. The summed E-state index contributed by atoms with van der Waals surface area (Å²) in [4.78, 5) is 0.450. The van der Waals surface area contributed by atoms with Gasteiger partial charge in [0.25, 0.3) is 0 Å². The minimum atomic E-state index is -0.514. The number of alkyl halides is 1. The van der Waals surface area contributed by atoms with Gasteiger partial charge >= 0.3 is 0 Å². The Balaban J connectivity index is 2.51. The van der Waals surface area contributed by atoms with Crippen molar-refractivity contribution in [2.75, 3.05) is 0 Å². The van der Waals surface area contributed by atoms with Crippen molar-refractivity contribution in [3.63, 3.8) is 0 Å². The Bertz CT molecular complexity index is 297. The number of benzene rings is 1. The molecule has 0 saturated carbocycles. The zero-order valence-electron chi connectivity index (χ0n) is 8.06. The molecular formula is C11H13BrF2. The molecule has 0 aliphatic carbocycles. The van der Waals surface area contributed by atoms with E-state index in [1.807, 2.05) is 0 Å². The molecule has 1 aromatic rings. The van der Waals surface area contributed by atoms with Crippen molar-refractivity contribution in [2.24, 2.45) is 0 Å². The highest BCUT2D eigenvalue weighted by atomic mass is 79.9. The van der Waals surface area contributed by atoms with E-state index in [4.69, 9.17) is 0 Å². The molecule has 0 amide bonds. The second-order valence-corrected chi connectivity index (χ2v) is 4.97. The van der Waals surface area contributed by atoms with E-state index in [-0.39, 0.29) is 0 Å². The van der Waals surface area contributed by atoms with Crippen molar-refractivity contribution in [1.29, 1.82) is 0 Å². The van der Waals surface area contributed by atoms with Crippen molar-refractivity contribution in [3.05, 3.63) is 35.4 Å². The summed E-state index contributed by atoms with van der Waals surface area (Å²) in [5, 5.41) is 0. The summed E-state index contributed by atoms with van der Waals surface area (Å²) < 4.78 is 25.7. The van der Waals surface area contributed by atoms with Crippen LogP contribution in [-0.2, 0) is 6.42 Å². The Hall–Kier alpha value is -0.440. The largest absolute Gasteiger partial charge is 0.207 e. The molecule has 0 nitrogen and oxygen atoms in total. The van der Waals surface area contributed by atoms with E-state index in [1.54, 1.807) is 0 Å². The van der Waals surface area contributed by atoms with Gasteiger partial charge in [0.2, 0.25) is 0 Å². The van der Waals surface area contributed by atoms with E-state index in [1.165, 1.54) is 12.1 Å². The maximum atomic E-state index is 13.1. The zero-order chi connectivity index (χ0) is 10.6. The molecule has 0 heterocycles. The van der Waals surface area contributed by atoms with Crippen molar-refractivity contribution in [2.45, 2.75) is 31.0 Å². The molecule has 0 aliphatic rings. The lowest BCUT2D eigenvalue weighted by molar-refractivity contribution is 0.567. The monoisotopic (exact) mass is 262 g/mol. The summed E-state index contributed by atoms with van der Waals surface area (Å²) in [7, 11) is 0. The van der Waals surface area contributed by atoms with Crippen molar-refractivity contribution >= 4 is 15.9 Å². The first-order valence-corrected chi connectivity index (χ1v) is 5.59. The Labute approximate surface area is 91.5 Å². The van der Waals surface area contributed by atoms with Gasteiger partial charge in [-0.05, 0) is 30.9 Å². The summed E-state index contributed by atoms with van der Waals surface area (Å²) in [6.07, 6.45) is 2.58. The van der Waals surface area contributed by atoms with Crippen LogP contribution in [0.1, 0.15) is 25.3 Å². The van der Waals surface area contributed by atoms with Crippen molar-refractivity contribution in [3.8, 4) is 0 Å². The summed E-state index contributed by atoms with van der Waals surface area (Å²) in [5.74, 6) is -0.952. The van der Waals surface area contributed by atoms with Gasteiger partial charge in [-0.25, -0.2) is 8.78 Å². The highest BCUT2D eigenvalue weighted by molar-refractivity contribution is 9.09. The third-order valence-corrected chi connectivity index (χ3v) is 2.52. The Kier molecular flexibility index (Phi) is 4.52. The Morgan fingerprint density at radius 2 is 2.07 bits per heavy atom. The fourth-order valence-electron chi connectivity index (χ4n) is 1.30. The summed E-state index contributed by atoms with van der Waals surface area (Å²) in [6.45, 7) is 2.06. The predicted molar refractivity (Wildman–Crippen MR) is 57.7 cm³/mol.